The molecular formula is C42H27NO. The normalized spacial score (nSPS) is 11.6. The molecule has 0 atom stereocenters. The second-order valence-electron chi connectivity index (χ2n) is 11.3. The van der Waals surface area contributed by atoms with Gasteiger partial charge < -0.3 is 9.32 Å². The third-order valence-corrected chi connectivity index (χ3v) is 8.81. The first-order valence-electron chi connectivity index (χ1n) is 15.0. The van der Waals surface area contributed by atoms with Gasteiger partial charge in [-0.05, 0) is 98.7 Å². The van der Waals surface area contributed by atoms with Crippen molar-refractivity contribution in [3.8, 4) is 11.1 Å². The van der Waals surface area contributed by atoms with Gasteiger partial charge in [-0.15, -0.1) is 0 Å². The molecule has 0 saturated heterocycles. The van der Waals surface area contributed by atoms with Crippen LogP contribution in [0.5, 0.6) is 0 Å². The van der Waals surface area contributed by atoms with Crippen LogP contribution in [0.3, 0.4) is 0 Å². The second-order valence-corrected chi connectivity index (χ2v) is 11.3. The van der Waals surface area contributed by atoms with Gasteiger partial charge in [0.05, 0.1) is 0 Å². The van der Waals surface area contributed by atoms with Crippen LogP contribution in [0.2, 0.25) is 0 Å². The van der Waals surface area contributed by atoms with E-state index >= 15 is 0 Å². The van der Waals surface area contributed by atoms with Crippen LogP contribution in [-0.2, 0) is 0 Å². The van der Waals surface area contributed by atoms with Gasteiger partial charge in [-0.25, -0.2) is 0 Å². The van der Waals surface area contributed by atoms with E-state index < -0.39 is 0 Å². The smallest absolute Gasteiger partial charge is 0.136 e. The molecule has 0 spiro atoms. The third-order valence-electron chi connectivity index (χ3n) is 8.81. The number of rotatable bonds is 4. The number of fused-ring (bicyclic) bond motifs is 10. The molecule has 8 aromatic carbocycles. The SMILES string of the molecule is c1ccc(N(c2ccccc2)c2cccc(-c3ccc4c5ccccc5c5c(ccc6oc7ccccc7c65)c4c3)c2)cc1. The standard InChI is InChI=1S/C42H27NO/c1-3-13-30(14-4-1)43(31-15-5-2-6-16-31)32-17-11-12-28(26-32)29-22-23-34-33-18-7-8-19-35(33)41-36(38(34)27-29)24-25-40-42(41)37-20-9-10-21-39(37)44-40/h1-27H. The van der Waals surface area contributed by atoms with Gasteiger partial charge in [0, 0.05) is 33.2 Å². The van der Waals surface area contributed by atoms with Crippen molar-refractivity contribution in [3.63, 3.8) is 0 Å². The lowest BCUT2D eigenvalue weighted by atomic mass is 9.90. The number of nitrogens with zero attached hydrogens (tertiary/aromatic N) is 1. The van der Waals surface area contributed by atoms with Gasteiger partial charge in [-0.3, -0.25) is 0 Å². The Morgan fingerprint density at radius 2 is 0.886 bits per heavy atom. The summed E-state index contributed by atoms with van der Waals surface area (Å²) in [5.74, 6) is 0. The van der Waals surface area contributed by atoms with Gasteiger partial charge in [0.1, 0.15) is 11.2 Å². The molecule has 0 amide bonds. The molecule has 0 unspecified atom stereocenters. The molecule has 206 valence electrons. The number of benzene rings is 8. The van der Waals surface area contributed by atoms with E-state index in [1.54, 1.807) is 0 Å². The van der Waals surface area contributed by atoms with Crippen molar-refractivity contribution in [2.45, 2.75) is 0 Å². The summed E-state index contributed by atoms with van der Waals surface area (Å²) in [6, 6.07) is 58.4. The summed E-state index contributed by atoms with van der Waals surface area (Å²) in [5, 5.41) is 9.85. The molecule has 0 bridgehead atoms. The second kappa shape index (κ2) is 9.86. The lowest BCUT2D eigenvalue weighted by molar-refractivity contribution is 0.669. The number of hydrogen-bond acceptors (Lipinski definition) is 2. The fourth-order valence-corrected chi connectivity index (χ4v) is 6.86. The number of hydrogen-bond donors (Lipinski definition) is 0. The minimum absolute atomic E-state index is 0.922. The van der Waals surface area contributed by atoms with Crippen molar-refractivity contribution in [2.75, 3.05) is 4.90 Å². The van der Waals surface area contributed by atoms with E-state index in [1.165, 1.54) is 48.8 Å². The highest BCUT2D eigenvalue weighted by Crippen LogP contribution is 2.44. The highest BCUT2D eigenvalue weighted by molar-refractivity contribution is 6.34. The average Bonchev–Trinajstić information content (AvgIpc) is 3.48. The van der Waals surface area contributed by atoms with Crippen molar-refractivity contribution in [2.24, 2.45) is 0 Å². The Labute approximate surface area is 255 Å². The maximum absolute atomic E-state index is 6.32. The van der Waals surface area contributed by atoms with Crippen LogP contribution < -0.4 is 4.90 Å². The van der Waals surface area contributed by atoms with Crippen molar-refractivity contribution < 1.29 is 4.42 Å². The topological polar surface area (TPSA) is 16.4 Å². The molecule has 1 heterocycles. The zero-order chi connectivity index (χ0) is 29.0. The molecule has 2 heteroatoms. The molecule has 0 aliphatic heterocycles. The molecule has 9 aromatic rings. The van der Waals surface area contributed by atoms with E-state index in [2.05, 4.69) is 163 Å². The van der Waals surface area contributed by atoms with E-state index in [0.29, 0.717) is 0 Å². The Kier molecular flexibility index (Phi) is 5.54. The van der Waals surface area contributed by atoms with Crippen LogP contribution in [-0.4, -0.2) is 0 Å². The fourth-order valence-electron chi connectivity index (χ4n) is 6.86. The minimum Gasteiger partial charge on any atom is -0.456 e. The Morgan fingerprint density at radius 3 is 1.66 bits per heavy atom. The van der Waals surface area contributed by atoms with Gasteiger partial charge in [0.2, 0.25) is 0 Å². The van der Waals surface area contributed by atoms with Crippen LogP contribution in [0.4, 0.5) is 17.1 Å². The molecule has 0 aliphatic rings. The molecule has 0 saturated carbocycles. The Bertz CT molecular complexity index is 2450. The van der Waals surface area contributed by atoms with E-state index in [1.807, 2.05) is 6.07 Å². The number of furan rings is 1. The predicted octanol–water partition coefficient (Wildman–Crippen LogP) is 12.2. The predicted molar refractivity (Wildman–Crippen MR) is 186 cm³/mol. The molecule has 0 N–H and O–H groups in total. The summed E-state index contributed by atoms with van der Waals surface area (Å²) in [7, 11) is 0. The zero-order valence-corrected chi connectivity index (χ0v) is 23.9. The number of anilines is 3. The summed E-state index contributed by atoms with van der Waals surface area (Å²) >= 11 is 0. The molecule has 0 fully saturated rings. The molecule has 1 aromatic heterocycles. The average molecular weight is 562 g/mol. The van der Waals surface area contributed by atoms with E-state index in [9.17, 15) is 0 Å². The van der Waals surface area contributed by atoms with Crippen molar-refractivity contribution in [1.29, 1.82) is 0 Å². The van der Waals surface area contributed by atoms with Crippen molar-refractivity contribution >= 4 is 71.3 Å². The van der Waals surface area contributed by atoms with Gasteiger partial charge in [0.25, 0.3) is 0 Å². The molecule has 9 rings (SSSR count). The zero-order valence-electron chi connectivity index (χ0n) is 23.9. The molecule has 0 radical (unpaired) electrons. The van der Waals surface area contributed by atoms with Crippen molar-refractivity contribution in [1.82, 2.24) is 0 Å². The first-order valence-corrected chi connectivity index (χ1v) is 15.0. The van der Waals surface area contributed by atoms with E-state index in [0.717, 1.165) is 33.6 Å². The summed E-state index contributed by atoms with van der Waals surface area (Å²) < 4.78 is 6.32. The summed E-state index contributed by atoms with van der Waals surface area (Å²) in [6.07, 6.45) is 0. The van der Waals surface area contributed by atoms with Crippen LogP contribution >= 0.6 is 0 Å². The van der Waals surface area contributed by atoms with Crippen molar-refractivity contribution in [3.05, 3.63) is 164 Å². The Hall–Kier alpha value is -5.86. The van der Waals surface area contributed by atoms with E-state index in [4.69, 9.17) is 4.42 Å². The summed E-state index contributed by atoms with van der Waals surface area (Å²) in [5.41, 5.74) is 7.59. The maximum atomic E-state index is 6.32. The van der Waals surface area contributed by atoms with Gasteiger partial charge >= 0.3 is 0 Å². The third kappa shape index (κ3) is 3.82. The van der Waals surface area contributed by atoms with Crippen LogP contribution in [0, 0.1) is 0 Å². The number of para-hydroxylation sites is 3. The molecule has 2 nitrogen and oxygen atoms in total. The van der Waals surface area contributed by atoms with E-state index in [-0.39, 0.29) is 0 Å². The first kappa shape index (κ1) is 24.7. The minimum atomic E-state index is 0.922. The largest absolute Gasteiger partial charge is 0.456 e. The molecular weight excluding hydrogens is 534 g/mol. The fraction of sp³-hybridized carbons (Fsp3) is 0. The molecule has 44 heavy (non-hydrogen) atoms. The van der Waals surface area contributed by atoms with Gasteiger partial charge in [0.15, 0.2) is 0 Å². The quantitative estimate of drug-likeness (QED) is 0.199. The maximum Gasteiger partial charge on any atom is 0.136 e. The molecule has 0 aliphatic carbocycles. The lowest BCUT2D eigenvalue weighted by Crippen LogP contribution is -2.09. The first-order chi connectivity index (χ1) is 21.8. The Balaban J connectivity index is 1.29. The highest BCUT2D eigenvalue weighted by atomic mass is 16.3. The summed E-state index contributed by atoms with van der Waals surface area (Å²) in [4.78, 5) is 2.31. The lowest BCUT2D eigenvalue weighted by Gasteiger charge is -2.26. The summed E-state index contributed by atoms with van der Waals surface area (Å²) in [6.45, 7) is 0. The Morgan fingerprint density at radius 1 is 0.318 bits per heavy atom. The van der Waals surface area contributed by atoms with Crippen LogP contribution in [0.1, 0.15) is 0 Å². The van der Waals surface area contributed by atoms with Gasteiger partial charge in [-0.1, -0.05) is 103 Å². The van der Waals surface area contributed by atoms with Crippen LogP contribution in [0.25, 0.3) is 65.4 Å². The highest BCUT2D eigenvalue weighted by Gasteiger charge is 2.17. The van der Waals surface area contributed by atoms with Gasteiger partial charge in [-0.2, -0.15) is 0 Å². The monoisotopic (exact) mass is 561 g/mol. The van der Waals surface area contributed by atoms with Crippen LogP contribution in [0.15, 0.2) is 168 Å².